The van der Waals surface area contributed by atoms with E-state index in [-0.39, 0.29) is 17.9 Å². The minimum Gasteiger partial charge on any atom is -0.493 e. The van der Waals surface area contributed by atoms with Crippen molar-refractivity contribution < 1.29 is 14.9 Å². The predicted molar refractivity (Wildman–Crippen MR) is 91.6 cm³/mol. The zero-order valence-electron chi connectivity index (χ0n) is 14.9. The molecule has 1 rings (SSSR count). The molecular formula is C19H32O3. The lowest BCUT2D eigenvalue weighted by Crippen LogP contribution is -2.17. The van der Waals surface area contributed by atoms with E-state index in [0.717, 1.165) is 5.75 Å². The molecule has 0 bridgehead atoms. The number of hydrogen-bond donors (Lipinski definition) is 2. The maximum Gasteiger partial charge on any atom is 0.123 e. The summed E-state index contributed by atoms with van der Waals surface area (Å²) in [6.45, 7) is 13.4. The first-order chi connectivity index (χ1) is 10.1. The van der Waals surface area contributed by atoms with E-state index in [1.54, 1.807) is 0 Å². The quantitative estimate of drug-likeness (QED) is 0.804. The third kappa shape index (κ3) is 5.62. The summed E-state index contributed by atoms with van der Waals surface area (Å²) in [6.07, 6.45) is -0.100. The van der Waals surface area contributed by atoms with E-state index in [4.69, 9.17) is 9.84 Å². The van der Waals surface area contributed by atoms with Crippen LogP contribution in [0.2, 0.25) is 0 Å². The van der Waals surface area contributed by atoms with Crippen LogP contribution in [-0.4, -0.2) is 29.5 Å². The fourth-order valence-electron chi connectivity index (χ4n) is 2.44. The van der Waals surface area contributed by atoms with Crippen LogP contribution in [0.3, 0.4) is 0 Å². The Bertz CT molecular complexity index is 460. The summed E-state index contributed by atoms with van der Waals surface area (Å²) in [5, 5.41) is 18.7. The zero-order chi connectivity index (χ0) is 16.9. The first kappa shape index (κ1) is 19.0. The Hall–Kier alpha value is -1.06. The third-order valence-corrected chi connectivity index (χ3v) is 3.79. The maximum absolute atomic E-state index is 9.64. The van der Waals surface area contributed by atoms with Gasteiger partial charge in [0.25, 0.3) is 0 Å². The number of hydrogen-bond acceptors (Lipinski definition) is 3. The molecule has 0 saturated carbocycles. The Morgan fingerprint density at radius 2 is 1.77 bits per heavy atom. The highest BCUT2D eigenvalue weighted by molar-refractivity contribution is 5.42. The number of ether oxygens (including phenoxy) is 1. The second-order valence-electron chi connectivity index (χ2n) is 7.68. The van der Waals surface area contributed by atoms with Gasteiger partial charge in [0, 0.05) is 0 Å². The van der Waals surface area contributed by atoms with Crippen LogP contribution in [0.15, 0.2) is 18.2 Å². The van der Waals surface area contributed by atoms with Crippen LogP contribution < -0.4 is 4.74 Å². The molecule has 2 atom stereocenters. The summed E-state index contributed by atoms with van der Waals surface area (Å²) >= 11 is 0. The average molecular weight is 308 g/mol. The van der Waals surface area contributed by atoms with Crippen molar-refractivity contribution in [3.8, 4) is 5.75 Å². The Kier molecular flexibility index (Phi) is 6.89. The third-order valence-electron chi connectivity index (χ3n) is 3.79. The first-order valence-corrected chi connectivity index (χ1v) is 8.21. The second kappa shape index (κ2) is 7.98. The Balaban J connectivity index is 3.04. The SMILES string of the molecule is CC(C)COc1ccc(C(C)CC(O)CO)cc1C(C)(C)C. The number of aliphatic hydroxyl groups excluding tert-OH is 2. The molecule has 2 unspecified atom stereocenters. The van der Waals surface area contributed by atoms with Gasteiger partial charge in [-0.05, 0) is 40.9 Å². The minimum atomic E-state index is -0.662. The van der Waals surface area contributed by atoms with Crippen LogP contribution in [0.4, 0.5) is 0 Å². The van der Waals surface area contributed by atoms with Gasteiger partial charge in [0.15, 0.2) is 0 Å². The monoisotopic (exact) mass is 308 g/mol. The van der Waals surface area contributed by atoms with Crippen LogP contribution in [0.1, 0.15) is 65.0 Å². The molecule has 126 valence electrons. The van der Waals surface area contributed by atoms with Gasteiger partial charge in [-0.1, -0.05) is 53.7 Å². The highest BCUT2D eigenvalue weighted by Crippen LogP contribution is 2.35. The van der Waals surface area contributed by atoms with Crippen LogP contribution in [0, 0.1) is 5.92 Å². The molecule has 1 aromatic rings. The molecule has 0 amide bonds. The van der Waals surface area contributed by atoms with Crippen molar-refractivity contribution in [2.75, 3.05) is 13.2 Å². The molecule has 0 fully saturated rings. The van der Waals surface area contributed by atoms with Gasteiger partial charge in [-0.15, -0.1) is 0 Å². The van der Waals surface area contributed by atoms with Crippen LogP contribution in [-0.2, 0) is 5.41 Å². The van der Waals surface area contributed by atoms with E-state index in [2.05, 4.69) is 53.7 Å². The molecule has 2 N–H and O–H groups in total. The van der Waals surface area contributed by atoms with Crippen molar-refractivity contribution in [2.24, 2.45) is 5.92 Å². The lowest BCUT2D eigenvalue weighted by Gasteiger charge is -2.26. The van der Waals surface area contributed by atoms with Gasteiger partial charge in [-0.25, -0.2) is 0 Å². The van der Waals surface area contributed by atoms with Gasteiger partial charge in [0.1, 0.15) is 5.75 Å². The van der Waals surface area contributed by atoms with Gasteiger partial charge in [0.05, 0.1) is 19.3 Å². The van der Waals surface area contributed by atoms with Crippen LogP contribution in [0.5, 0.6) is 5.75 Å². The zero-order valence-corrected chi connectivity index (χ0v) is 14.9. The maximum atomic E-state index is 9.64. The molecule has 0 spiro atoms. The summed E-state index contributed by atoms with van der Waals surface area (Å²) in [4.78, 5) is 0. The first-order valence-electron chi connectivity index (χ1n) is 8.21. The molecule has 22 heavy (non-hydrogen) atoms. The fraction of sp³-hybridized carbons (Fsp3) is 0.684. The summed E-state index contributed by atoms with van der Waals surface area (Å²) in [6, 6.07) is 6.30. The average Bonchev–Trinajstić information content (AvgIpc) is 2.43. The van der Waals surface area contributed by atoms with Gasteiger partial charge < -0.3 is 14.9 Å². The van der Waals surface area contributed by atoms with E-state index in [1.807, 2.05) is 6.07 Å². The van der Waals surface area contributed by atoms with E-state index in [0.29, 0.717) is 18.9 Å². The van der Waals surface area contributed by atoms with Gasteiger partial charge in [0.2, 0.25) is 0 Å². The molecule has 0 aliphatic rings. The van der Waals surface area contributed by atoms with E-state index < -0.39 is 6.10 Å². The van der Waals surface area contributed by atoms with Crippen LogP contribution >= 0.6 is 0 Å². The lowest BCUT2D eigenvalue weighted by atomic mass is 9.83. The van der Waals surface area contributed by atoms with Crippen molar-refractivity contribution in [1.29, 1.82) is 0 Å². The largest absolute Gasteiger partial charge is 0.493 e. The normalized spacial score (nSPS) is 15.0. The number of rotatable bonds is 7. The van der Waals surface area contributed by atoms with Crippen LogP contribution in [0.25, 0.3) is 0 Å². The van der Waals surface area contributed by atoms with Crippen molar-refractivity contribution in [1.82, 2.24) is 0 Å². The number of benzene rings is 1. The summed E-state index contributed by atoms with van der Waals surface area (Å²) in [7, 11) is 0. The Labute approximate surface area is 135 Å². The highest BCUT2D eigenvalue weighted by Gasteiger charge is 2.21. The van der Waals surface area contributed by atoms with Crippen molar-refractivity contribution >= 4 is 0 Å². The lowest BCUT2D eigenvalue weighted by molar-refractivity contribution is 0.0835. The summed E-state index contributed by atoms with van der Waals surface area (Å²) in [5.41, 5.74) is 2.36. The molecule has 3 heteroatoms. The van der Waals surface area contributed by atoms with Gasteiger partial charge in [-0.2, -0.15) is 0 Å². The smallest absolute Gasteiger partial charge is 0.123 e. The summed E-state index contributed by atoms with van der Waals surface area (Å²) in [5.74, 6) is 1.63. The van der Waals surface area contributed by atoms with Crippen molar-refractivity contribution in [3.05, 3.63) is 29.3 Å². The molecular weight excluding hydrogens is 276 g/mol. The Morgan fingerprint density at radius 1 is 1.14 bits per heavy atom. The predicted octanol–water partition coefficient (Wildman–Crippen LogP) is 3.87. The fourth-order valence-corrected chi connectivity index (χ4v) is 2.44. The molecule has 0 radical (unpaired) electrons. The molecule has 1 aromatic carbocycles. The highest BCUT2D eigenvalue weighted by atomic mass is 16.5. The van der Waals surface area contributed by atoms with Crippen molar-refractivity contribution in [2.45, 2.75) is 65.4 Å². The minimum absolute atomic E-state index is 0.00234. The molecule has 3 nitrogen and oxygen atoms in total. The molecule has 0 aromatic heterocycles. The van der Waals surface area contributed by atoms with E-state index in [9.17, 15) is 5.11 Å². The molecule has 0 heterocycles. The summed E-state index contributed by atoms with van der Waals surface area (Å²) < 4.78 is 5.97. The number of aliphatic hydroxyl groups is 2. The topological polar surface area (TPSA) is 49.7 Å². The second-order valence-corrected chi connectivity index (χ2v) is 7.68. The van der Waals surface area contributed by atoms with E-state index in [1.165, 1.54) is 11.1 Å². The molecule has 0 saturated heterocycles. The van der Waals surface area contributed by atoms with E-state index >= 15 is 0 Å². The van der Waals surface area contributed by atoms with Gasteiger partial charge >= 0.3 is 0 Å². The Morgan fingerprint density at radius 3 is 2.27 bits per heavy atom. The molecule has 0 aliphatic heterocycles. The van der Waals surface area contributed by atoms with Gasteiger partial charge in [-0.3, -0.25) is 0 Å². The molecule has 0 aliphatic carbocycles. The standard InChI is InChI=1S/C19H32O3/c1-13(2)12-22-18-8-7-15(10-17(18)19(4,5)6)14(3)9-16(21)11-20/h7-8,10,13-14,16,20-21H,9,11-12H2,1-6H3. The van der Waals surface area contributed by atoms with Crippen molar-refractivity contribution in [3.63, 3.8) is 0 Å².